The number of carboxylic acids is 1. The van der Waals surface area contributed by atoms with Crippen LogP contribution in [0.1, 0.15) is 15.9 Å². The molecular formula is C27H23N3O5. The molecule has 0 aliphatic carbocycles. The van der Waals surface area contributed by atoms with Gasteiger partial charge in [-0.3, -0.25) is 9.59 Å². The number of rotatable bonds is 7. The number of nitrogens with zero attached hydrogens (tertiary/aromatic N) is 2. The number of carbonyl (C=O) groups excluding carboxylic acids is 1. The van der Waals surface area contributed by atoms with E-state index in [0.29, 0.717) is 27.9 Å². The summed E-state index contributed by atoms with van der Waals surface area (Å²) in [5, 5.41) is 26.2. The molecule has 0 saturated carbocycles. The second-order valence-corrected chi connectivity index (χ2v) is 7.99. The number of carboxylic acid groups (broad SMARTS) is 1. The number of carbonyl (C=O) groups is 2. The van der Waals surface area contributed by atoms with Gasteiger partial charge in [-0.05, 0) is 23.3 Å². The molecule has 1 amide bonds. The second kappa shape index (κ2) is 10.0. The molecule has 8 nitrogen and oxygen atoms in total. The van der Waals surface area contributed by atoms with Gasteiger partial charge < -0.3 is 15.5 Å². The number of aromatic nitrogens is 2. The summed E-state index contributed by atoms with van der Waals surface area (Å²) < 4.78 is 1.08. The summed E-state index contributed by atoms with van der Waals surface area (Å²) in [6.45, 7) is 0. The molecule has 35 heavy (non-hydrogen) atoms. The monoisotopic (exact) mass is 469 g/mol. The second-order valence-electron chi connectivity index (χ2n) is 7.99. The van der Waals surface area contributed by atoms with Crippen LogP contribution in [-0.2, 0) is 18.3 Å². The van der Waals surface area contributed by atoms with Crippen LogP contribution >= 0.6 is 0 Å². The van der Waals surface area contributed by atoms with Crippen LogP contribution in [0.5, 0.6) is 5.75 Å². The Morgan fingerprint density at radius 3 is 2.06 bits per heavy atom. The number of phenolic OH excluding ortho intramolecular Hbond substituents is 1. The zero-order valence-electron chi connectivity index (χ0n) is 18.9. The number of aryl methyl sites for hydroxylation is 1. The van der Waals surface area contributed by atoms with Crippen molar-refractivity contribution in [2.75, 3.05) is 0 Å². The van der Waals surface area contributed by atoms with E-state index in [1.807, 2.05) is 36.4 Å². The van der Waals surface area contributed by atoms with Gasteiger partial charge in [0.2, 0.25) is 0 Å². The first-order valence-electron chi connectivity index (χ1n) is 10.9. The molecule has 8 heteroatoms. The van der Waals surface area contributed by atoms with Gasteiger partial charge in [0.25, 0.3) is 11.5 Å². The lowest BCUT2D eigenvalue weighted by atomic mass is 9.94. The maximum atomic E-state index is 13.5. The van der Waals surface area contributed by atoms with E-state index in [1.165, 1.54) is 19.2 Å². The first kappa shape index (κ1) is 23.4. The van der Waals surface area contributed by atoms with Gasteiger partial charge in [-0.15, -0.1) is 0 Å². The van der Waals surface area contributed by atoms with E-state index < -0.39 is 23.5 Å². The Kier molecular flexibility index (Phi) is 6.73. The maximum absolute atomic E-state index is 13.5. The maximum Gasteiger partial charge on any atom is 0.326 e. The Morgan fingerprint density at radius 1 is 0.914 bits per heavy atom. The van der Waals surface area contributed by atoms with Crippen molar-refractivity contribution in [3.63, 3.8) is 0 Å². The van der Waals surface area contributed by atoms with Crippen molar-refractivity contribution in [3.05, 3.63) is 106 Å². The predicted molar refractivity (Wildman–Crippen MR) is 131 cm³/mol. The van der Waals surface area contributed by atoms with Crippen LogP contribution in [0.25, 0.3) is 22.4 Å². The van der Waals surface area contributed by atoms with Gasteiger partial charge in [0.1, 0.15) is 17.4 Å². The van der Waals surface area contributed by atoms with E-state index >= 15 is 0 Å². The molecule has 0 radical (unpaired) electrons. The van der Waals surface area contributed by atoms with Crippen molar-refractivity contribution < 1.29 is 19.8 Å². The Morgan fingerprint density at radius 2 is 1.49 bits per heavy atom. The SMILES string of the molecule is Cn1nc(-c2ccccc2)c(-c2ccccc2)c(C(=O)NC(Cc2ccc(O)cc2)C(=O)O)c1=O. The van der Waals surface area contributed by atoms with Gasteiger partial charge in [0, 0.05) is 24.6 Å². The summed E-state index contributed by atoms with van der Waals surface area (Å²) in [5.41, 5.74) is 1.83. The number of amides is 1. The normalized spacial score (nSPS) is 11.6. The molecule has 1 heterocycles. The number of hydrogen-bond acceptors (Lipinski definition) is 5. The van der Waals surface area contributed by atoms with Crippen molar-refractivity contribution in [2.24, 2.45) is 7.05 Å². The number of benzene rings is 3. The molecular weight excluding hydrogens is 446 g/mol. The van der Waals surface area contributed by atoms with Crippen molar-refractivity contribution in [2.45, 2.75) is 12.5 Å². The summed E-state index contributed by atoms with van der Waals surface area (Å²) in [6, 6.07) is 22.8. The highest BCUT2D eigenvalue weighted by atomic mass is 16.4. The van der Waals surface area contributed by atoms with Gasteiger partial charge in [-0.1, -0.05) is 72.8 Å². The molecule has 4 aromatic rings. The van der Waals surface area contributed by atoms with Crippen molar-refractivity contribution in [3.8, 4) is 28.1 Å². The predicted octanol–water partition coefficient (Wildman–Crippen LogP) is 3.25. The van der Waals surface area contributed by atoms with Crippen LogP contribution in [0.3, 0.4) is 0 Å². The molecule has 4 rings (SSSR count). The highest BCUT2D eigenvalue weighted by Crippen LogP contribution is 2.32. The molecule has 3 N–H and O–H groups in total. The average Bonchev–Trinajstić information content (AvgIpc) is 2.87. The lowest BCUT2D eigenvalue weighted by molar-refractivity contribution is -0.139. The number of nitrogens with one attached hydrogen (secondary N) is 1. The molecule has 1 atom stereocenters. The van der Waals surface area contributed by atoms with Crippen LogP contribution in [0, 0.1) is 0 Å². The van der Waals surface area contributed by atoms with Gasteiger partial charge in [0.15, 0.2) is 0 Å². The first-order chi connectivity index (χ1) is 16.8. The topological polar surface area (TPSA) is 122 Å². The van der Waals surface area contributed by atoms with Crippen molar-refractivity contribution in [1.29, 1.82) is 0 Å². The van der Waals surface area contributed by atoms with Crippen LogP contribution < -0.4 is 10.9 Å². The number of hydrogen-bond donors (Lipinski definition) is 3. The highest BCUT2D eigenvalue weighted by Gasteiger charge is 2.28. The van der Waals surface area contributed by atoms with Crippen LogP contribution in [0.15, 0.2) is 89.7 Å². The number of aromatic hydroxyl groups is 1. The van der Waals surface area contributed by atoms with Crippen molar-refractivity contribution >= 4 is 11.9 Å². The van der Waals surface area contributed by atoms with E-state index in [9.17, 15) is 24.6 Å². The van der Waals surface area contributed by atoms with E-state index in [0.717, 1.165) is 4.68 Å². The van der Waals surface area contributed by atoms with E-state index in [-0.39, 0.29) is 17.7 Å². The smallest absolute Gasteiger partial charge is 0.326 e. The third kappa shape index (κ3) is 5.11. The molecule has 0 spiro atoms. The van der Waals surface area contributed by atoms with Gasteiger partial charge in [0.05, 0.1) is 5.69 Å². The third-order valence-corrected chi connectivity index (χ3v) is 5.56. The van der Waals surface area contributed by atoms with E-state index in [1.54, 1.807) is 36.4 Å². The molecule has 176 valence electrons. The third-order valence-electron chi connectivity index (χ3n) is 5.56. The molecule has 0 bridgehead atoms. The Labute approximate surface area is 201 Å². The van der Waals surface area contributed by atoms with Gasteiger partial charge >= 0.3 is 5.97 Å². The first-order valence-corrected chi connectivity index (χ1v) is 10.9. The molecule has 0 fully saturated rings. The van der Waals surface area contributed by atoms with Crippen molar-refractivity contribution in [1.82, 2.24) is 15.1 Å². The molecule has 0 aliphatic heterocycles. The average molecular weight is 469 g/mol. The fourth-order valence-corrected chi connectivity index (χ4v) is 3.83. The van der Waals surface area contributed by atoms with E-state index in [2.05, 4.69) is 10.4 Å². The van der Waals surface area contributed by atoms with Gasteiger partial charge in [-0.25, -0.2) is 9.48 Å². The van der Waals surface area contributed by atoms with Crippen LogP contribution in [0.2, 0.25) is 0 Å². The molecule has 3 aromatic carbocycles. The minimum Gasteiger partial charge on any atom is -0.508 e. The minimum atomic E-state index is -1.30. The minimum absolute atomic E-state index is 0.0288. The molecule has 1 unspecified atom stereocenters. The zero-order chi connectivity index (χ0) is 24.9. The standard InChI is InChI=1S/C27H23N3O5/c1-30-26(33)23(25(32)28-21(27(34)35)16-17-12-14-20(31)15-13-17)22(18-8-4-2-5-9-18)24(29-30)19-10-6-3-7-11-19/h2-15,21,31H,16H2,1H3,(H,28,32)(H,34,35). The highest BCUT2D eigenvalue weighted by molar-refractivity contribution is 6.04. The molecule has 0 saturated heterocycles. The van der Waals surface area contributed by atoms with Crippen LogP contribution in [0.4, 0.5) is 0 Å². The number of aliphatic carboxylic acids is 1. The van der Waals surface area contributed by atoms with Crippen LogP contribution in [-0.4, -0.2) is 37.9 Å². The zero-order valence-corrected chi connectivity index (χ0v) is 18.9. The lowest BCUT2D eigenvalue weighted by Crippen LogP contribution is -2.45. The fraction of sp³-hybridized carbons (Fsp3) is 0.111. The Hall–Kier alpha value is -4.72. The van der Waals surface area contributed by atoms with E-state index in [4.69, 9.17) is 0 Å². The lowest BCUT2D eigenvalue weighted by Gasteiger charge is -2.18. The Balaban J connectivity index is 1.82. The number of phenols is 1. The Bertz CT molecular complexity index is 1420. The summed E-state index contributed by atoms with van der Waals surface area (Å²) >= 11 is 0. The quantitative estimate of drug-likeness (QED) is 0.382. The summed E-state index contributed by atoms with van der Waals surface area (Å²) in [6.07, 6.45) is -0.0288. The molecule has 0 aliphatic rings. The summed E-state index contributed by atoms with van der Waals surface area (Å²) in [4.78, 5) is 38.7. The largest absolute Gasteiger partial charge is 0.508 e. The fourth-order valence-electron chi connectivity index (χ4n) is 3.83. The molecule has 1 aromatic heterocycles. The summed E-state index contributed by atoms with van der Waals surface area (Å²) in [5.74, 6) is -2.01. The summed E-state index contributed by atoms with van der Waals surface area (Å²) in [7, 11) is 1.45. The van der Waals surface area contributed by atoms with Gasteiger partial charge in [-0.2, -0.15) is 5.10 Å².